The summed E-state index contributed by atoms with van der Waals surface area (Å²) in [4.78, 5) is 18.7. The quantitative estimate of drug-likeness (QED) is 0.410. The van der Waals surface area contributed by atoms with E-state index in [1.807, 2.05) is 54.6 Å². The van der Waals surface area contributed by atoms with Crippen LogP contribution in [0.15, 0.2) is 78.9 Å². The Balaban J connectivity index is 1.67. The third-order valence-electron chi connectivity index (χ3n) is 4.84. The second kappa shape index (κ2) is 9.45. The number of hydrogen-bond acceptors (Lipinski definition) is 5. The first-order chi connectivity index (χ1) is 15.2. The minimum absolute atomic E-state index is 0.251. The standard InChI is InChI=1S/C25H22N2O3S/c1-29-19-14-12-18(13-15-19)23-22(16-17-8-4-3-5-9-17)31-25(26-23)27-24(28)20-10-6-7-11-21(20)30-2/h3-15H,16H2,1-2H3,(H,26,27,28). The summed E-state index contributed by atoms with van der Waals surface area (Å²) in [5.41, 5.74) is 3.48. The van der Waals surface area contributed by atoms with Gasteiger partial charge in [-0.3, -0.25) is 10.1 Å². The number of nitrogens with one attached hydrogen (secondary N) is 1. The maximum Gasteiger partial charge on any atom is 0.261 e. The molecule has 0 aliphatic heterocycles. The third kappa shape index (κ3) is 4.75. The zero-order valence-corrected chi connectivity index (χ0v) is 18.1. The highest BCUT2D eigenvalue weighted by molar-refractivity contribution is 7.16. The van der Waals surface area contributed by atoms with Gasteiger partial charge in [0.25, 0.3) is 5.91 Å². The van der Waals surface area contributed by atoms with Crippen LogP contribution in [0.5, 0.6) is 11.5 Å². The van der Waals surface area contributed by atoms with Crippen LogP contribution < -0.4 is 14.8 Å². The number of methoxy groups -OCH3 is 2. The van der Waals surface area contributed by atoms with Crippen LogP contribution in [0.1, 0.15) is 20.8 Å². The van der Waals surface area contributed by atoms with E-state index in [9.17, 15) is 4.79 Å². The molecule has 0 atom stereocenters. The number of carbonyl (C=O) groups is 1. The zero-order valence-electron chi connectivity index (χ0n) is 17.3. The largest absolute Gasteiger partial charge is 0.497 e. The normalized spacial score (nSPS) is 10.5. The summed E-state index contributed by atoms with van der Waals surface area (Å²) in [5, 5.41) is 3.48. The third-order valence-corrected chi connectivity index (χ3v) is 5.81. The smallest absolute Gasteiger partial charge is 0.261 e. The summed E-state index contributed by atoms with van der Waals surface area (Å²) in [7, 11) is 3.19. The summed E-state index contributed by atoms with van der Waals surface area (Å²) < 4.78 is 10.6. The van der Waals surface area contributed by atoms with Gasteiger partial charge in [0.1, 0.15) is 11.5 Å². The lowest BCUT2D eigenvalue weighted by molar-refractivity contribution is 0.102. The molecule has 0 bridgehead atoms. The number of nitrogens with zero attached hydrogens (tertiary/aromatic N) is 1. The predicted octanol–water partition coefficient (Wildman–Crippen LogP) is 5.67. The molecule has 1 heterocycles. The lowest BCUT2D eigenvalue weighted by atomic mass is 10.1. The number of para-hydroxylation sites is 1. The minimum Gasteiger partial charge on any atom is -0.497 e. The number of hydrogen-bond donors (Lipinski definition) is 1. The Kier molecular flexibility index (Phi) is 6.29. The fraction of sp³-hybridized carbons (Fsp3) is 0.120. The summed E-state index contributed by atoms with van der Waals surface area (Å²) in [6.07, 6.45) is 0.727. The van der Waals surface area contributed by atoms with Crippen molar-refractivity contribution in [3.05, 3.63) is 94.9 Å². The number of amides is 1. The maximum atomic E-state index is 12.9. The Morgan fingerprint density at radius 2 is 1.61 bits per heavy atom. The first kappa shape index (κ1) is 20.6. The van der Waals surface area contributed by atoms with E-state index in [1.54, 1.807) is 26.4 Å². The van der Waals surface area contributed by atoms with E-state index in [-0.39, 0.29) is 5.91 Å². The number of ether oxygens (including phenoxy) is 2. The lowest BCUT2D eigenvalue weighted by Gasteiger charge is -2.07. The average Bonchev–Trinajstić information content (AvgIpc) is 3.21. The number of thiazole rings is 1. The Morgan fingerprint density at radius 3 is 2.32 bits per heavy atom. The van der Waals surface area contributed by atoms with Crippen LogP contribution in [-0.2, 0) is 6.42 Å². The SMILES string of the molecule is COc1ccc(-c2nc(NC(=O)c3ccccc3OC)sc2Cc2ccccc2)cc1. The highest BCUT2D eigenvalue weighted by atomic mass is 32.1. The van der Waals surface area contributed by atoms with E-state index >= 15 is 0 Å². The second-order valence-electron chi connectivity index (χ2n) is 6.84. The van der Waals surface area contributed by atoms with Gasteiger partial charge < -0.3 is 9.47 Å². The summed E-state index contributed by atoms with van der Waals surface area (Å²) in [6, 6.07) is 25.1. The van der Waals surface area contributed by atoms with E-state index in [1.165, 1.54) is 16.9 Å². The molecule has 0 aliphatic carbocycles. The number of aromatic nitrogens is 1. The van der Waals surface area contributed by atoms with E-state index in [0.29, 0.717) is 16.4 Å². The molecule has 156 valence electrons. The average molecular weight is 431 g/mol. The second-order valence-corrected chi connectivity index (χ2v) is 7.92. The van der Waals surface area contributed by atoms with Crippen LogP contribution in [0.2, 0.25) is 0 Å². The van der Waals surface area contributed by atoms with Crippen molar-refractivity contribution in [3.63, 3.8) is 0 Å². The molecule has 0 radical (unpaired) electrons. The predicted molar refractivity (Wildman–Crippen MR) is 124 cm³/mol. The molecule has 31 heavy (non-hydrogen) atoms. The Morgan fingerprint density at radius 1 is 0.903 bits per heavy atom. The Bertz CT molecular complexity index is 1170. The number of anilines is 1. The summed E-state index contributed by atoms with van der Waals surface area (Å²) in [6.45, 7) is 0. The highest BCUT2D eigenvalue weighted by Crippen LogP contribution is 2.34. The fourth-order valence-corrected chi connectivity index (χ4v) is 4.29. The van der Waals surface area contributed by atoms with Gasteiger partial charge in [-0.1, -0.05) is 42.5 Å². The van der Waals surface area contributed by atoms with Crippen molar-refractivity contribution in [2.75, 3.05) is 19.5 Å². The van der Waals surface area contributed by atoms with E-state index in [4.69, 9.17) is 14.5 Å². The molecule has 6 heteroatoms. The van der Waals surface area contributed by atoms with Crippen molar-refractivity contribution >= 4 is 22.4 Å². The molecule has 4 rings (SSSR count). The van der Waals surface area contributed by atoms with Crippen LogP contribution in [0.3, 0.4) is 0 Å². The monoisotopic (exact) mass is 430 g/mol. The molecule has 4 aromatic rings. The topological polar surface area (TPSA) is 60.5 Å². The van der Waals surface area contributed by atoms with Gasteiger partial charge >= 0.3 is 0 Å². The van der Waals surface area contributed by atoms with Crippen molar-refractivity contribution in [3.8, 4) is 22.8 Å². The molecule has 5 nitrogen and oxygen atoms in total. The first-order valence-corrected chi connectivity index (χ1v) is 10.6. The van der Waals surface area contributed by atoms with Gasteiger partial charge in [-0.05, 0) is 42.0 Å². The first-order valence-electron chi connectivity index (χ1n) is 9.80. The van der Waals surface area contributed by atoms with Gasteiger partial charge in [0.15, 0.2) is 5.13 Å². The van der Waals surface area contributed by atoms with Gasteiger partial charge in [0, 0.05) is 16.9 Å². The van der Waals surface area contributed by atoms with Gasteiger partial charge in [-0.25, -0.2) is 4.98 Å². The van der Waals surface area contributed by atoms with Crippen molar-refractivity contribution in [1.82, 2.24) is 4.98 Å². The Labute approximate surface area is 185 Å². The van der Waals surface area contributed by atoms with E-state index in [2.05, 4.69) is 17.4 Å². The molecule has 3 aromatic carbocycles. The molecule has 0 saturated heterocycles. The molecule has 0 unspecified atom stereocenters. The fourth-order valence-electron chi connectivity index (χ4n) is 3.28. The molecular weight excluding hydrogens is 408 g/mol. The molecule has 0 fully saturated rings. The van der Waals surface area contributed by atoms with Gasteiger partial charge in [-0.15, -0.1) is 11.3 Å². The molecule has 0 saturated carbocycles. The van der Waals surface area contributed by atoms with E-state index in [0.717, 1.165) is 28.3 Å². The van der Waals surface area contributed by atoms with Crippen molar-refractivity contribution in [2.24, 2.45) is 0 Å². The van der Waals surface area contributed by atoms with Crippen LogP contribution in [-0.4, -0.2) is 25.1 Å². The number of benzene rings is 3. The molecule has 1 N–H and O–H groups in total. The highest BCUT2D eigenvalue weighted by Gasteiger charge is 2.18. The van der Waals surface area contributed by atoms with Crippen LogP contribution in [0, 0.1) is 0 Å². The molecule has 1 amide bonds. The van der Waals surface area contributed by atoms with Gasteiger partial charge in [0.2, 0.25) is 0 Å². The number of carbonyl (C=O) groups excluding carboxylic acids is 1. The van der Waals surface area contributed by atoms with Crippen LogP contribution in [0.25, 0.3) is 11.3 Å². The van der Waals surface area contributed by atoms with Crippen LogP contribution in [0.4, 0.5) is 5.13 Å². The van der Waals surface area contributed by atoms with Gasteiger partial charge in [0.05, 0.1) is 25.5 Å². The Hall–Kier alpha value is -3.64. The zero-order chi connectivity index (χ0) is 21.6. The number of rotatable bonds is 7. The molecular formula is C25H22N2O3S. The van der Waals surface area contributed by atoms with Crippen molar-refractivity contribution < 1.29 is 14.3 Å². The van der Waals surface area contributed by atoms with Crippen molar-refractivity contribution in [1.29, 1.82) is 0 Å². The molecule has 0 aliphatic rings. The maximum absolute atomic E-state index is 12.9. The van der Waals surface area contributed by atoms with Gasteiger partial charge in [-0.2, -0.15) is 0 Å². The molecule has 0 spiro atoms. The van der Waals surface area contributed by atoms with E-state index < -0.39 is 0 Å². The van der Waals surface area contributed by atoms with Crippen molar-refractivity contribution in [2.45, 2.75) is 6.42 Å². The van der Waals surface area contributed by atoms with Crippen LogP contribution >= 0.6 is 11.3 Å². The molecule has 1 aromatic heterocycles. The summed E-state index contributed by atoms with van der Waals surface area (Å²) >= 11 is 1.48. The summed E-state index contributed by atoms with van der Waals surface area (Å²) in [5.74, 6) is 1.06. The minimum atomic E-state index is -0.251. The lowest BCUT2D eigenvalue weighted by Crippen LogP contribution is -2.12.